The normalized spacial score (nSPS) is 9.50. The van der Waals surface area contributed by atoms with E-state index in [-0.39, 0.29) is 6.61 Å². The van der Waals surface area contributed by atoms with Gasteiger partial charge >= 0.3 is 5.97 Å². The predicted octanol–water partition coefficient (Wildman–Crippen LogP) is 0.360. The van der Waals surface area contributed by atoms with Crippen molar-refractivity contribution in [3.63, 3.8) is 0 Å². The molecule has 4 nitrogen and oxygen atoms in total. The average Bonchev–Trinajstić information content (AvgIpc) is 2.17. The fourth-order valence-corrected chi connectivity index (χ4v) is 0.804. The van der Waals surface area contributed by atoms with Crippen molar-refractivity contribution in [2.75, 3.05) is 7.11 Å². The van der Waals surface area contributed by atoms with E-state index in [1.807, 2.05) is 0 Å². The number of aliphatic hydroxyl groups excluding tert-OH is 1. The van der Waals surface area contributed by atoms with Gasteiger partial charge in [0, 0.05) is 12.4 Å². The Morgan fingerprint density at radius 1 is 1.67 bits per heavy atom. The number of pyridine rings is 1. The monoisotopic (exact) mass is 167 g/mol. The second-order valence-corrected chi connectivity index (χ2v) is 2.23. The van der Waals surface area contributed by atoms with Crippen LogP contribution >= 0.6 is 0 Å². The molecule has 4 heteroatoms. The molecule has 0 amide bonds. The highest BCUT2D eigenvalue weighted by Crippen LogP contribution is 2.03. The number of hydrogen-bond donors (Lipinski definition) is 1. The molecule has 0 spiro atoms. The molecule has 0 aromatic carbocycles. The lowest BCUT2D eigenvalue weighted by Gasteiger charge is -1.99. The van der Waals surface area contributed by atoms with E-state index in [4.69, 9.17) is 5.11 Å². The number of methoxy groups -OCH3 is 1. The fraction of sp³-hybridized carbons (Fsp3) is 0.250. The highest BCUT2D eigenvalue weighted by Gasteiger charge is 2.05. The molecule has 0 saturated heterocycles. The summed E-state index contributed by atoms with van der Waals surface area (Å²) in [7, 11) is 1.30. The molecule has 0 bridgehead atoms. The van der Waals surface area contributed by atoms with E-state index in [9.17, 15) is 4.79 Å². The van der Waals surface area contributed by atoms with E-state index in [2.05, 4.69) is 9.72 Å². The van der Waals surface area contributed by atoms with Crippen molar-refractivity contribution in [2.45, 2.75) is 6.61 Å². The first-order valence-electron chi connectivity index (χ1n) is 3.41. The zero-order chi connectivity index (χ0) is 8.97. The zero-order valence-electron chi connectivity index (χ0n) is 6.65. The van der Waals surface area contributed by atoms with Gasteiger partial charge in [0.2, 0.25) is 0 Å². The Morgan fingerprint density at radius 3 is 3.00 bits per heavy atom. The third kappa shape index (κ3) is 1.79. The van der Waals surface area contributed by atoms with Crippen molar-refractivity contribution in [3.8, 4) is 0 Å². The number of nitrogens with zero attached hydrogens (tertiary/aromatic N) is 1. The molecule has 1 N–H and O–H groups in total. The highest BCUT2D eigenvalue weighted by molar-refractivity contribution is 5.89. The van der Waals surface area contributed by atoms with Gasteiger partial charge in [0.05, 0.1) is 19.3 Å². The summed E-state index contributed by atoms with van der Waals surface area (Å²) < 4.78 is 4.48. The van der Waals surface area contributed by atoms with Crippen LogP contribution in [0.5, 0.6) is 0 Å². The summed E-state index contributed by atoms with van der Waals surface area (Å²) in [6.07, 6.45) is 2.89. The van der Waals surface area contributed by atoms with Gasteiger partial charge in [-0.2, -0.15) is 0 Å². The van der Waals surface area contributed by atoms with Gasteiger partial charge in [0.15, 0.2) is 0 Å². The summed E-state index contributed by atoms with van der Waals surface area (Å²) in [6.45, 7) is -0.127. The van der Waals surface area contributed by atoms with E-state index < -0.39 is 5.97 Å². The van der Waals surface area contributed by atoms with Crippen molar-refractivity contribution in [1.82, 2.24) is 4.98 Å². The summed E-state index contributed by atoms with van der Waals surface area (Å²) in [5.74, 6) is -0.446. The van der Waals surface area contributed by atoms with Crippen LogP contribution in [0, 0.1) is 0 Å². The fourth-order valence-electron chi connectivity index (χ4n) is 0.804. The van der Waals surface area contributed by atoms with Crippen LogP contribution in [0.25, 0.3) is 0 Å². The maximum absolute atomic E-state index is 10.9. The first-order valence-corrected chi connectivity index (χ1v) is 3.41. The standard InChI is InChI=1S/C8H9NO3/c1-12-8(11)7-2-6(5-10)3-9-4-7/h2-4,10H,5H2,1H3. The number of esters is 1. The minimum atomic E-state index is -0.446. The first kappa shape index (κ1) is 8.67. The third-order valence-corrected chi connectivity index (χ3v) is 1.40. The molecule has 64 valence electrons. The molecule has 1 aromatic rings. The van der Waals surface area contributed by atoms with E-state index in [1.165, 1.54) is 19.5 Å². The van der Waals surface area contributed by atoms with Crippen LogP contribution in [0.2, 0.25) is 0 Å². The molecule has 0 aliphatic rings. The van der Waals surface area contributed by atoms with Crippen molar-refractivity contribution in [2.24, 2.45) is 0 Å². The second-order valence-electron chi connectivity index (χ2n) is 2.23. The molecule has 0 unspecified atom stereocenters. The Hall–Kier alpha value is -1.42. The quantitative estimate of drug-likeness (QED) is 0.646. The summed E-state index contributed by atoms with van der Waals surface area (Å²) in [4.78, 5) is 14.7. The molecule has 0 atom stereocenters. The zero-order valence-corrected chi connectivity index (χ0v) is 6.65. The van der Waals surface area contributed by atoms with Crippen molar-refractivity contribution in [1.29, 1.82) is 0 Å². The maximum Gasteiger partial charge on any atom is 0.339 e. The van der Waals surface area contributed by atoms with Gasteiger partial charge in [-0.15, -0.1) is 0 Å². The molecule has 1 aromatic heterocycles. The van der Waals surface area contributed by atoms with Gasteiger partial charge in [-0.05, 0) is 11.6 Å². The average molecular weight is 167 g/mol. The molecule has 12 heavy (non-hydrogen) atoms. The highest BCUT2D eigenvalue weighted by atomic mass is 16.5. The number of carbonyl (C=O) groups is 1. The number of aromatic nitrogens is 1. The predicted molar refractivity (Wildman–Crippen MR) is 41.5 cm³/mol. The Bertz CT molecular complexity index is 285. The topological polar surface area (TPSA) is 59.4 Å². The summed E-state index contributed by atoms with van der Waals surface area (Å²) in [5.41, 5.74) is 0.946. The lowest BCUT2D eigenvalue weighted by atomic mass is 10.2. The second kappa shape index (κ2) is 3.82. The molecule has 1 rings (SSSR count). The van der Waals surface area contributed by atoms with Gasteiger partial charge in [-0.1, -0.05) is 0 Å². The first-order chi connectivity index (χ1) is 5.77. The summed E-state index contributed by atoms with van der Waals surface area (Å²) in [6, 6.07) is 1.54. The molecule has 1 heterocycles. The molecule has 0 saturated carbocycles. The van der Waals surface area contributed by atoms with Gasteiger partial charge in [0.25, 0.3) is 0 Å². The summed E-state index contributed by atoms with van der Waals surface area (Å²) in [5, 5.41) is 8.72. The largest absolute Gasteiger partial charge is 0.465 e. The number of rotatable bonds is 2. The van der Waals surface area contributed by atoms with Gasteiger partial charge in [0.1, 0.15) is 0 Å². The Balaban J connectivity index is 2.93. The van der Waals surface area contributed by atoms with Gasteiger partial charge in [-0.3, -0.25) is 4.98 Å². The number of hydrogen-bond acceptors (Lipinski definition) is 4. The Morgan fingerprint density at radius 2 is 2.42 bits per heavy atom. The molecular formula is C8H9NO3. The van der Waals surface area contributed by atoms with Crippen LogP contribution in [0.3, 0.4) is 0 Å². The van der Waals surface area contributed by atoms with Crippen LogP contribution < -0.4 is 0 Å². The molecule has 0 fully saturated rings. The number of carbonyl (C=O) groups excluding carboxylic acids is 1. The lowest BCUT2D eigenvalue weighted by molar-refractivity contribution is 0.0600. The number of aliphatic hydroxyl groups is 1. The minimum Gasteiger partial charge on any atom is -0.465 e. The van der Waals surface area contributed by atoms with Crippen LogP contribution in [0.15, 0.2) is 18.5 Å². The van der Waals surface area contributed by atoms with Crippen LogP contribution in [-0.2, 0) is 11.3 Å². The van der Waals surface area contributed by atoms with E-state index in [0.29, 0.717) is 11.1 Å². The molecule has 0 radical (unpaired) electrons. The van der Waals surface area contributed by atoms with Crippen LogP contribution in [0.4, 0.5) is 0 Å². The molecule has 0 aliphatic heterocycles. The maximum atomic E-state index is 10.9. The van der Waals surface area contributed by atoms with Crippen molar-refractivity contribution >= 4 is 5.97 Å². The Labute approximate surface area is 69.8 Å². The lowest BCUT2D eigenvalue weighted by Crippen LogP contribution is -2.02. The van der Waals surface area contributed by atoms with Crippen LogP contribution in [0.1, 0.15) is 15.9 Å². The smallest absolute Gasteiger partial charge is 0.339 e. The van der Waals surface area contributed by atoms with Gasteiger partial charge < -0.3 is 9.84 Å². The van der Waals surface area contributed by atoms with Crippen LogP contribution in [-0.4, -0.2) is 23.2 Å². The van der Waals surface area contributed by atoms with Crippen molar-refractivity contribution < 1.29 is 14.6 Å². The molecule has 0 aliphatic carbocycles. The van der Waals surface area contributed by atoms with Gasteiger partial charge in [-0.25, -0.2) is 4.79 Å². The Kier molecular flexibility index (Phi) is 2.76. The molecular weight excluding hydrogens is 158 g/mol. The summed E-state index contributed by atoms with van der Waals surface area (Å²) >= 11 is 0. The third-order valence-electron chi connectivity index (χ3n) is 1.40. The SMILES string of the molecule is COC(=O)c1cncc(CO)c1. The van der Waals surface area contributed by atoms with E-state index >= 15 is 0 Å². The minimum absolute atomic E-state index is 0.127. The van der Waals surface area contributed by atoms with Crippen molar-refractivity contribution in [3.05, 3.63) is 29.6 Å². The number of ether oxygens (including phenoxy) is 1. The van der Waals surface area contributed by atoms with E-state index in [1.54, 1.807) is 6.07 Å². The van der Waals surface area contributed by atoms with E-state index in [0.717, 1.165) is 0 Å².